The number of anilines is 1. The van der Waals surface area contributed by atoms with Gasteiger partial charge in [0, 0.05) is 31.4 Å². The van der Waals surface area contributed by atoms with E-state index < -0.39 is 0 Å². The maximum absolute atomic E-state index is 5.27. The van der Waals surface area contributed by atoms with E-state index in [4.69, 9.17) is 4.74 Å². The van der Waals surface area contributed by atoms with Gasteiger partial charge >= 0.3 is 0 Å². The fourth-order valence-electron chi connectivity index (χ4n) is 2.04. The summed E-state index contributed by atoms with van der Waals surface area (Å²) in [6.45, 7) is 6.54. The Morgan fingerprint density at radius 3 is 2.72 bits per heavy atom. The lowest BCUT2D eigenvalue weighted by atomic mass is 10.1. The summed E-state index contributed by atoms with van der Waals surface area (Å²) in [7, 11) is 3.86. The topological polar surface area (TPSA) is 24.5 Å². The molecule has 3 heteroatoms. The molecule has 1 aromatic rings. The van der Waals surface area contributed by atoms with Gasteiger partial charge in [-0.3, -0.25) is 0 Å². The van der Waals surface area contributed by atoms with Crippen LogP contribution < -0.4 is 15.0 Å². The molecule has 0 saturated heterocycles. The molecule has 102 valence electrons. The first kappa shape index (κ1) is 14.8. The largest absolute Gasteiger partial charge is 0.497 e. The number of rotatable bonds is 8. The van der Waals surface area contributed by atoms with Gasteiger partial charge in [0.1, 0.15) is 5.75 Å². The van der Waals surface area contributed by atoms with E-state index in [1.165, 1.54) is 12.1 Å². The monoisotopic (exact) mass is 250 g/mol. The molecule has 0 aliphatic carbocycles. The molecule has 0 aliphatic heterocycles. The molecule has 0 saturated carbocycles. The van der Waals surface area contributed by atoms with Crippen LogP contribution in [-0.4, -0.2) is 33.3 Å². The van der Waals surface area contributed by atoms with Crippen LogP contribution >= 0.6 is 0 Å². The first-order valence-electron chi connectivity index (χ1n) is 6.80. The van der Waals surface area contributed by atoms with E-state index in [0.29, 0.717) is 6.04 Å². The van der Waals surface area contributed by atoms with Crippen LogP contribution in [0.1, 0.15) is 26.7 Å². The molecule has 0 fully saturated rings. The molecule has 1 aromatic carbocycles. The number of hydrogen-bond acceptors (Lipinski definition) is 3. The minimum Gasteiger partial charge on any atom is -0.497 e. The Kier molecular flexibility index (Phi) is 6.58. The lowest BCUT2D eigenvalue weighted by Crippen LogP contribution is -2.40. The summed E-state index contributed by atoms with van der Waals surface area (Å²) >= 11 is 0. The summed E-state index contributed by atoms with van der Waals surface area (Å²) in [5.41, 5.74) is 1.21. The Morgan fingerprint density at radius 2 is 2.11 bits per heavy atom. The summed E-state index contributed by atoms with van der Waals surface area (Å²) in [6, 6.07) is 8.75. The van der Waals surface area contributed by atoms with E-state index in [2.05, 4.69) is 43.2 Å². The third-order valence-corrected chi connectivity index (χ3v) is 3.29. The van der Waals surface area contributed by atoms with Gasteiger partial charge in [-0.05, 0) is 31.5 Å². The number of benzene rings is 1. The highest BCUT2D eigenvalue weighted by atomic mass is 16.5. The number of hydrogen-bond donors (Lipinski definition) is 1. The zero-order valence-electron chi connectivity index (χ0n) is 12.1. The highest BCUT2D eigenvalue weighted by Crippen LogP contribution is 2.22. The van der Waals surface area contributed by atoms with Crippen molar-refractivity contribution in [1.29, 1.82) is 0 Å². The van der Waals surface area contributed by atoms with Crippen LogP contribution in [0.2, 0.25) is 0 Å². The fourth-order valence-corrected chi connectivity index (χ4v) is 2.04. The van der Waals surface area contributed by atoms with Gasteiger partial charge in [0.2, 0.25) is 0 Å². The van der Waals surface area contributed by atoms with Crippen molar-refractivity contribution in [3.8, 4) is 5.75 Å². The summed E-state index contributed by atoms with van der Waals surface area (Å²) in [5, 5.41) is 3.49. The van der Waals surface area contributed by atoms with E-state index in [9.17, 15) is 0 Å². The normalized spacial score (nSPS) is 12.2. The minimum atomic E-state index is 0.517. The van der Waals surface area contributed by atoms with Crippen molar-refractivity contribution >= 4 is 5.69 Å². The molecule has 3 nitrogen and oxygen atoms in total. The molecule has 0 heterocycles. The fraction of sp³-hybridized carbons (Fsp3) is 0.600. The molecule has 1 unspecified atom stereocenters. The van der Waals surface area contributed by atoms with E-state index >= 15 is 0 Å². The average molecular weight is 250 g/mol. The first-order chi connectivity index (χ1) is 8.72. The number of methoxy groups -OCH3 is 1. The van der Waals surface area contributed by atoms with Crippen LogP contribution in [0.5, 0.6) is 5.75 Å². The number of nitrogens with one attached hydrogen (secondary N) is 1. The van der Waals surface area contributed by atoms with Gasteiger partial charge in [-0.15, -0.1) is 0 Å². The molecule has 1 atom stereocenters. The molecule has 0 aromatic heterocycles. The third kappa shape index (κ3) is 4.22. The SMILES string of the molecule is CCCNCC(CC)N(C)c1cccc(OC)c1. The Hall–Kier alpha value is -1.22. The van der Waals surface area contributed by atoms with E-state index in [1.807, 2.05) is 12.1 Å². The van der Waals surface area contributed by atoms with Crippen LogP contribution in [0.25, 0.3) is 0 Å². The maximum Gasteiger partial charge on any atom is 0.120 e. The van der Waals surface area contributed by atoms with Gasteiger partial charge in [-0.25, -0.2) is 0 Å². The molecule has 0 aliphatic rings. The predicted octanol–water partition coefficient (Wildman–Crippen LogP) is 2.91. The first-order valence-corrected chi connectivity index (χ1v) is 6.80. The quantitative estimate of drug-likeness (QED) is 0.718. The Morgan fingerprint density at radius 1 is 1.33 bits per heavy atom. The lowest BCUT2D eigenvalue weighted by Gasteiger charge is -2.29. The molecular weight excluding hydrogens is 224 g/mol. The molecular formula is C15H26N2O. The molecule has 1 N–H and O–H groups in total. The van der Waals surface area contributed by atoms with Gasteiger partial charge in [0.05, 0.1) is 7.11 Å². The summed E-state index contributed by atoms with van der Waals surface area (Å²) in [6.07, 6.45) is 2.31. The van der Waals surface area contributed by atoms with Crippen LogP contribution in [0, 0.1) is 0 Å². The van der Waals surface area contributed by atoms with Gasteiger partial charge in [-0.2, -0.15) is 0 Å². The Labute approximate surface area is 111 Å². The predicted molar refractivity (Wildman–Crippen MR) is 78.6 cm³/mol. The van der Waals surface area contributed by atoms with Gasteiger partial charge in [0.15, 0.2) is 0 Å². The second-order valence-corrected chi connectivity index (χ2v) is 4.58. The highest BCUT2D eigenvalue weighted by Gasteiger charge is 2.13. The Bertz CT molecular complexity index is 341. The van der Waals surface area contributed by atoms with Crippen molar-refractivity contribution in [2.24, 2.45) is 0 Å². The Balaban J connectivity index is 2.66. The van der Waals surface area contributed by atoms with Crippen molar-refractivity contribution in [1.82, 2.24) is 5.32 Å². The molecule has 18 heavy (non-hydrogen) atoms. The van der Waals surface area contributed by atoms with Gasteiger partial charge < -0.3 is 15.0 Å². The van der Waals surface area contributed by atoms with Gasteiger partial charge in [0.25, 0.3) is 0 Å². The maximum atomic E-state index is 5.27. The standard InChI is InChI=1S/C15H26N2O/c1-5-10-16-12-13(6-2)17(3)14-8-7-9-15(11-14)18-4/h7-9,11,13,16H,5-6,10,12H2,1-4H3. The van der Waals surface area contributed by atoms with Crippen LogP contribution in [0.15, 0.2) is 24.3 Å². The van der Waals surface area contributed by atoms with Crippen molar-refractivity contribution in [2.45, 2.75) is 32.7 Å². The van der Waals surface area contributed by atoms with E-state index in [0.717, 1.165) is 25.3 Å². The summed E-state index contributed by atoms with van der Waals surface area (Å²) in [5.74, 6) is 0.913. The van der Waals surface area contributed by atoms with E-state index in [1.54, 1.807) is 7.11 Å². The zero-order chi connectivity index (χ0) is 13.4. The number of nitrogens with zero attached hydrogens (tertiary/aromatic N) is 1. The number of ether oxygens (including phenoxy) is 1. The van der Waals surface area contributed by atoms with Crippen molar-refractivity contribution in [3.05, 3.63) is 24.3 Å². The lowest BCUT2D eigenvalue weighted by molar-refractivity contribution is 0.414. The smallest absolute Gasteiger partial charge is 0.120 e. The summed E-state index contributed by atoms with van der Waals surface area (Å²) < 4.78 is 5.27. The molecule has 0 radical (unpaired) electrons. The summed E-state index contributed by atoms with van der Waals surface area (Å²) in [4.78, 5) is 2.32. The average Bonchev–Trinajstić information content (AvgIpc) is 2.43. The van der Waals surface area contributed by atoms with Gasteiger partial charge in [-0.1, -0.05) is 19.9 Å². The highest BCUT2D eigenvalue weighted by molar-refractivity contribution is 5.50. The molecule has 0 spiro atoms. The number of likely N-dealkylation sites (N-methyl/N-ethyl adjacent to an activating group) is 1. The van der Waals surface area contributed by atoms with Crippen LogP contribution in [0.3, 0.4) is 0 Å². The molecule has 0 amide bonds. The van der Waals surface area contributed by atoms with Crippen molar-refractivity contribution < 1.29 is 4.74 Å². The van der Waals surface area contributed by atoms with E-state index in [-0.39, 0.29) is 0 Å². The second kappa shape index (κ2) is 7.98. The van der Waals surface area contributed by atoms with Crippen molar-refractivity contribution in [3.63, 3.8) is 0 Å². The second-order valence-electron chi connectivity index (χ2n) is 4.58. The third-order valence-electron chi connectivity index (χ3n) is 3.29. The van der Waals surface area contributed by atoms with Crippen LogP contribution in [-0.2, 0) is 0 Å². The van der Waals surface area contributed by atoms with Crippen molar-refractivity contribution in [2.75, 3.05) is 32.1 Å². The zero-order valence-corrected chi connectivity index (χ0v) is 12.1. The molecule has 0 bridgehead atoms. The molecule has 1 rings (SSSR count). The minimum absolute atomic E-state index is 0.517. The van der Waals surface area contributed by atoms with Crippen LogP contribution in [0.4, 0.5) is 5.69 Å².